The standard InChI is InChI=1S/C8H4O/c1-2-7-6-3-5(1)8(4-6)9-7/h1-4H. The smallest absolute Gasteiger partial charge is 0.135 e. The molecule has 4 bridgehead atoms. The van der Waals surface area contributed by atoms with Crippen LogP contribution < -0.4 is 0 Å². The predicted octanol–water partition coefficient (Wildman–Crippen LogP) is 2.41. The summed E-state index contributed by atoms with van der Waals surface area (Å²) < 4.78 is 5.34. The molecule has 1 nitrogen and oxygen atoms in total. The maximum atomic E-state index is 5.34. The van der Waals surface area contributed by atoms with Crippen molar-refractivity contribution in [3.05, 3.63) is 24.3 Å². The van der Waals surface area contributed by atoms with Gasteiger partial charge in [0.15, 0.2) is 0 Å². The van der Waals surface area contributed by atoms with E-state index < -0.39 is 0 Å². The molecule has 0 spiro atoms. The van der Waals surface area contributed by atoms with E-state index in [2.05, 4.69) is 18.2 Å². The molecule has 9 heavy (non-hydrogen) atoms. The molecule has 1 aliphatic carbocycles. The van der Waals surface area contributed by atoms with Gasteiger partial charge in [0.2, 0.25) is 0 Å². The number of hydrogen-bond acceptors (Lipinski definition) is 1. The van der Waals surface area contributed by atoms with E-state index in [4.69, 9.17) is 4.42 Å². The van der Waals surface area contributed by atoms with Crippen molar-refractivity contribution in [2.24, 2.45) is 0 Å². The van der Waals surface area contributed by atoms with Gasteiger partial charge in [-0.15, -0.1) is 0 Å². The Morgan fingerprint density at radius 1 is 1.11 bits per heavy atom. The summed E-state index contributed by atoms with van der Waals surface area (Å²) in [7, 11) is 0. The fourth-order valence-corrected chi connectivity index (χ4v) is 1.34. The second-order valence-electron chi connectivity index (χ2n) is 2.36. The summed E-state index contributed by atoms with van der Waals surface area (Å²) in [5, 5.41) is 1.24. The van der Waals surface area contributed by atoms with E-state index >= 15 is 0 Å². The van der Waals surface area contributed by atoms with Crippen LogP contribution in [0.4, 0.5) is 0 Å². The molecular weight excluding hydrogens is 112 g/mol. The molecule has 1 heteroatoms. The van der Waals surface area contributed by atoms with Crippen LogP contribution in [-0.4, -0.2) is 0 Å². The zero-order chi connectivity index (χ0) is 5.84. The minimum atomic E-state index is 1.01. The Balaban J connectivity index is 2.89. The molecule has 1 aromatic carbocycles. The molecule has 0 atom stereocenters. The second-order valence-corrected chi connectivity index (χ2v) is 2.36. The number of fused-ring (bicyclic) bond motifs is 1. The van der Waals surface area contributed by atoms with Crippen LogP contribution in [0.5, 0.6) is 0 Å². The van der Waals surface area contributed by atoms with Gasteiger partial charge in [0.1, 0.15) is 11.3 Å². The average molecular weight is 116 g/mol. The lowest BCUT2D eigenvalue weighted by Gasteiger charge is -1.97. The summed E-state index contributed by atoms with van der Waals surface area (Å²) in [6.45, 7) is 0. The minimum Gasteiger partial charge on any atom is -0.456 e. The zero-order valence-corrected chi connectivity index (χ0v) is 4.72. The highest BCUT2D eigenvalue weighted by Gasteiger charge is 2.13. The Morgan fingerprint density at radius 2 is 2.11 bits per heavy atom. The van der Waals surface area contributed by atoms with Gasteiger partial charge in [-0.1, -0.05) is 0 Å². The summed E-state index contributed by atoms with van der Waals surface area (Å²) in [6, 6.07) is 8.32. The molecule has 0 radical (unpaired) electrons. The van der Waals surface area contributed by atoms with Crippen molar-refractivity contribution >= 4 is 11.0 Å². The zero-order valence-electron chi connectivity index (χ0n) is 4.72. The summed E-state index contributed by atoms with van der Waals surface area (Å²) in [4.78, 5) is 0. The van der Waals surface area contributed by atoms with Gasteiger partial charge in [-0.25, -0.2) is 0 Å². The van der Waals surface area contributed by atoms with Crippen molar-refractivity contribution in [1.82, 2.24) is 0 Å². The topological polar surface area (TPSA) is 13.1 Å². The quantitative estimate of drug-likeness (QED) is 0.439. The van der Waals surface area contributed by atoms with Gasteiger partial charge in [0.05, 0.1) is 0 Å². The Kier molecular flexibility index (Phi) is 0.374. The molecule has 1 aromatic heterocycles. The van der Waals surface area contributed by atoms with Gasteiger partial charge in [0, 0.05) is 10.9 Å². The molecule has 2 heterocycles. The molecule has 0 fully saturated rings. The minimum absolute atomic E-state index is 1.01. The van der Waals surface area contributed by atoms with E-state index in [0.717, 1.165) is 11.3 Å². The third kappa shape index (κ3) is 0.271. The molecule has 0 saturated carbocycles. The summed E-state index contributed by atoms with van der Waals surface area (Å²) >= 11 is 0. The first kappa shape index (κ1) is 3.72. The van der Waals surface area contributed by atoms with E-state index in [1.165, 1.54) is 10.9 Å². The Bertz CT molecular complexity index is 371. The van der Waals surface area contributed by atoms with Gasteiger partial charge in [-0.2, -0.15) is 0 Å². The maximum absolute atomic E-state index is 5.34. The largest absolute Gasteiger partial charge is 0.456 e. The highest BCUT2D eigenvalue weighted by atomic mass is 16.3. The van der Waals surface area contributed by atoms with Gasteiger partial charge >= 0.3 is 0 Å². The average Bonchev–Trinajstić information content (AvgIpc) is 2.40. The van der Waals surface area contributed by atoms with Crippen molar-refractivity contribution in [3.8, 4) is 11.3 Å². The molecule has 2 aliphatic rings. The Hall–Kier alpha value is -1.24. The number of furan rings is 1. The maximum Gasteiger partial charge on any atom is 0.135 e. The van der Waals surface area contributed by atoms with Crippen LogP contribution in [0.15, 0.2) is 28.7 Å². The summed E-state index contributed by atoms with van der Waals surface area (Å²) in [5.74, 6) is 1.03. The van der Waals surface area contributed by atoms with E-state index in [1.807, 2.05) is 6.07 Å². The summed E-state index contributed by atoms with van der Waals surface area (Å²) in [5.41, 5.74) is 2.24. The lowest BCUT2D eigenvalue weighted by Crippen LogP contribution is -1.71. The van der Waals surface area contributed by atoms with Crippen molar-refractivity contribution in [3.63, 3.8) is 0 Å². The van der Waals surface area contributed by atoms with Crippen molar-refractivity contribution < 1.29 is 4.42 Å². The normalized spacial score (nSPS) is 12.4. The van der Waals surface area contributed by atoms with Crippen LogP contribution in [0.2, 0.25) is 0 Å². The highest BCUT2D eigenvalue weighted by molar-refractivity contribution is 5.92. The monoisotopic (exact) mass is 116 g/mol. The first-order chi connectivity index (χ1) is 4.43. The highest BCUT2D eigenvalue weighted by Crippen LogP contribution is 2.36. The third-order valence-corrected chi connectivity index (χ3v) is 1.80. The van der Waals surface area contributed by atoms with E-state index in [9.17, 15) is 0 Å². The second kappa shape index (κ2) is 0.903. The van der Waals surface area contributed by atoms with Crippen molar-refractivity contribution in [2.75, 3.05) is 0 Å². The Morgan fingerprint density at radius 3 is 2.56 bits per heavy atom. The molecule has 0 amide bonds. The molecule has 0 saturated heterocycles. The van der Waals surface area contributed by atoms with Gasteiger partial charge in [0.25, 0.3) is 0 Å². The number of benzene rings is 1. The fourth-order valence-electron chi connectivity index (χ4n) is 1.34. The number of hydrogen-bond donors (Lipinski definition) is 0. The Labute approximate surface area is 51.9 Å². The van der Waals surface area contributed by atoms with Crippen LogP contribution in [0.1, 0.15) is 0 Å². The SMILES string of the molecule is c1cc2oc3cc2cc1-3. The number of rotatable bonds is 0. The van der Waals surface area contributed by atoms with Gasteiger partial charge < -0.3 is 4.42 Å². The van der Waals surface area contributed by atoms with Crippen LogP contribution in [-0.2, 0) is 0 Å². The third-order valence-electron chi connectivity index (χ3n) is 1.80. The van der Waals surface area contributed by atoms with Crippen LogP contribution in [0, 0.1) is 0 Å². The molecule has 0 unspecified atom stereocenters. The molecular formula is C8H4O. The first-order valence-corrected chi connectivity index (χ1v) is 2.97. The summed E-state index contributed by atoms with van der Waals surface area (Å²) in [6.07, 6.45) is 0. The van der Waals surface area contributed by atoms with Gasteiger partial charge in [-0.3, -0.25) is 0 Å². The van der Waals surface area contributed by atoms with E-state index in [-0.39, 0.29) is 0 Å². The molecule has 4 rings (SSSR count). The molecule has 2 aromatic rings. The van der Waals surface area contributed by atoms with Crippen LogP contribution in [0.3, 0.4) is 0 Å². The first-order valence-electron chi connectivity index (χ1n) is 2.97. The van der Waals surface area contributed by atoms with Crippen molar-refractivity contribution in [2.45, 2.75) is 0 Å². The van der Waals surface area contributed by atoms with E-state index in [0.29, 0.717) is 0 Å². The molecule has 1 aliphatic heterocycles. The van der Waals surface area contributed by atoms with Gasteiger partial charge in [-0.05, 0) is 24.3 Å². The van der Waals surface area contributed by atoms with E-state index in [1.54, 1.807) is 0 Å². The lowest BCUT2D eigenvalue weighted by atomic mass is 10.2. The predicted molar refractivity (Wildman–Crippen MR) is 35.2 cm³/mol. The molecule has 0 N–H and O–H groups in total. The van der Waals surface area contributed by atoms with Crippen molar-refractivity contribution in [1.29, 1.82) is 0 Å². The lowest BCUT2D eigenvalue weighted by molar-refractivity contribution is 0.626. The molecule has 42 valence electrons. The fraction of sp³-hybridized carbons (Fsp3) is 0. The van der Waals surface area contributed by atoms with Crippen LogP contribution in [0.25, 0.3) is 22.3 Å². The van der Waals surface area contributed by atoms with Crippen LogP contribution >= 0.6 is 0 Å².